The summed E-state index contributed by atoms with van der Waals surface area (Å²) in [5.41, 5.74) is 6.58. The molecule has 0 heterocycles. The van der Waals surface area contributed by atoms with Crippen LogP contribution in [0.25, 0.3) is 0 Å². The molecule has 0 radical (unpaired) electrons. The maximum absolute atomic E-state index is 11.6. The summed E-state index contributed by atoms with van der Waals surface area (Å²) in [6, 6.07) is 7.12. The van der Waals surface area contributed by atoms with E-state index in [-0.39, 0.29) is 11.8 Å². The molecule has 0 aromatic heterocycles. The van der Waals surface area contributed by atoms with E-state index in [1.54, 1.807) is 31.2 Å². The molecule has 1 aromatic rings. The van der Waals surface area contributed by atoms with Crippen LogP contribution in [0.1, 0.15) is 26.2 Å². The highest BCUT2D eigenvalue weighted by molar-refractivity contribution is 5.99. The lowest BCUT2D eigenvalue weighted by Gasteiger charge is -2.11. The summed E-state index contributed by atoms with van der Waals surface area (Å²) in [4.78, 5) is 23.0. The van der Waals surface area contributed by atoms with Gasteiger partial charge in [0.15, 0.2) is 0 Å². The van der Waals surface area contributed by atoms with Gasteiger partial charge in [0, 0.05) is 12.8 Å². The van der Waals surface area contributed by atoms with Gasteiger partial charge in [-0.1, -0.05) is 19.1 Å². The molecule has 18 heavy (non-hydrogen) atoms. The second-order valence-electron chi connectivity index (χ2n) is 3.89. The highest BCUT2D eigenvalue weighted by atomic mass is 16.2. The third-order valence-electron chi connectivity index (χ3n) is 2.40. The van der Waals surface area contributed by atoms with Crippen molar-refractivity contribution < 1.29 is 9.59 Å². The lowest BCUT2D eigenvalue weighted by atomic mass is 10.2. The van der Waals surface area contributed by atoms with Crippen molar-refractivity contribution in [1.29, 1.82) is 0 Å². The normalized spacial score (nSPS) is 9.89. The number of anilines is 2. The molecule has 0 saturated carbocycles. The standard InChI is InChI=1S/C13H19N3O2/c1-2-12(17)15-10-6-3-4-7-11(10)16-13(18)8-5-9-14/h3-4,6-7H,2,5,8-9,14H2,1H3,(H,15,17)(H,16,18). The predicted octanol–water partition coefficient (Wildman–Crippen LogP) is 1.71. The van der Waals surface area contributed by atoms with Crippen molar-refractivity contribution in [2.75, 3.05) is 17.2 Å². The Hall–Kier alpha value is -1.88. The molecule has 0 bridgehead atoms. The molecule has 0 atom stereocenters. The van der Waals surface area contributed by atoms with Gasteiger partial charge < -0.3 is 16.4 Å². The highest BCUT2D eigenvalue weighted by Crippen LogP contribution is 2.21. The number of rotatable bonds is 6. The number of hydrogen-bond acceptors (Lipinski definition) is 3. The third-order valence-corrected chi connectivity index (χ3v) is 2.40. The number of hydrogen-bond donors (Lipinski definition) is 3. The van der Waals surface area contributed by atoms with E-state index in [9.17, 15) is 9.59 Å². The summed E-state index contributed by atoms with van der Waals surface area (Å²) < 4.78 is 0. The van der Waals surface area contributed by atoms with Gasteiger partial charge in [-0.3, -0.25) is 9.59 Å². The van der Waals surface area contributed by atoms with Crippen molar-refractivity contribution in [3.8, 4) is 0 Å². The Morgan fingerprint density at radius 2 is 1.67 bits per heavy atom. The monoisotopic (exact) mass is 249 g/mol. The van der Waals surface area contributed by atoms with E-state index in [2.05, 4.69) is 10.6 Å². The van der Waals surface area contributed by atoms with Crippen LogP contribution >= 0.6 is 0 Å². The lowest BCUT2D eigenvalue weighted by Crippen LogP contribution is -2.16. The first kappa shape index (κ1) is 14.2. The van der Waals surface area contributed by atoms with E-state index in [0.29, 0.717) is 37.2 Å². The molecular weight excluding hydrogens is 230 g/mol. The first-order valence-electron chi connectivity index (χ1n) is 6.06. The largest absolute Gasteiger partial charge is 0.330 e. The van der Waals surface area contributed by atoms with Crippen LogP contribution in [0, 0.1) is 0 Å². The molecule has 5 nitrogen and oxygen atoms in total. The number of nitrogens with two attached hydrogens (primary N) is 1. The average Bonchev–Trinajstić information content (AvgIpc) is 2.38. The fraction of sp³-hybridized carbons (Fsp3) is 0.385. The van der Waals surface area contributed by atoms with Crippen LogP contribution in [0.3, 0.4) is 0 Å². The van der Waals surface area contributed by atoms with E-state index < -0.39 is 0 Å². The molecule has 0 aliphatic carbocycles. The summed E-state index contributed by atoms with van der Waals surface area (Å²) in [6.45, 7) is 2.26. The second kappa shape index (κ2) is 7.45. The summed E-state index contributed by atoms with van der Waals surface area (Å²) >= 11 is 0. The topological polar surface area (TPSA) is 84.2 Å². The Morgan fingerprint density at radius 1 is 1.11 bits per heavy atom. The van der Waals surface area contributed by atoms with Gasteiger partial charge in [0.05, 0.1) is 11.4 Å². The molecule has 1 aromatic carbocycles. The van der Waals surface area contributed by atoms with Crippen molar-refractivity contribution in [1.82, 2.24) is 0 Å². The molecule has 0 spiro atoms. The van der Waals surface area contributed by atoms with E-state index in [1.165, 1.54) is 0 Å². The van der Waals surface area contributed by atoms with Crippen molar-refractivity contribution in [3.05, 3.63) is 24.3 Å². The number of carbonyl (C=O) groups is 2. The number of amides is 2. The quantitative estimate of drug-likeness (QED) is 0.717. The average molecular weight is 249 g/mol. The van der Waals surface area contributed by atoms with Crippen molar-refractivity contribution in [2.24, 2.45) is 5.73 Å². The van der Waals surface area contributed by atoms with Gasteiger partial charge >= 0.3 is 0 Å². The minimum absolute atomic E-state index is 0.0846. The van der Waals surface area contributed by atoms with E-state index >= 15 is 0 Å². The van der Waals surface area contributed by atoms with Crippen molar-refractivity contribution >= 4 is 23.2 Å². The zero-order chi connectivity index (χ0) is 13.4. The molecule has 98 valence electrons. The Morgan fingerprint density at radius 3 is 2.17 bits per heavy atom. The molecule has 0 unspecified atom stereocenters. The first-order valence-corrected chi connectivity index (χ1v) is 6.06. The van der Waals surface area contributed by atoms with Gasteiger partial charge in [-0.25, -0.2) is 0 Å². The summed E-state index contributed by atoms with van der Waals surface area (Å²) in [5.74, 6) is -0.183. The maximum atomic E-state index is 11.6. The summed E-state index contributed by atoms with van der Waals surface area (Å²) in [7, 11) is 0. The molecular formula is C13H19N3O2. The van der Waals surface area contributed by atoms with Crippen molar-refractivity contribution in [3.63, 3.8) is 0 Å². The Labute approximate surface area is 107 Å². The van der Waals surface area contributed by atoms with Gasteiger partial charge in [0.1, 0.15) is 0 Å². The van der Waals surface area contributed by atoms with Crippen LogP contribution in [0.4, 0.5) is 11.4 Å². The van der Waals surface area contributed by atoms with Crippen molar-refractivity contribution in [2.45, 2.75) is 26.2 Å². The number of carbonyl (C=O) groups excluding carboxylic acids is 2. The smallest absolute Gasteiger partial charge is 0.224 e. The Balaban J connectivity index is 2.69. The number of para-hydroxylation sites is 2. The fourth-order valence-corrected chi connectivity index (χ4v) is 1.42. The number of nitrogens with one attached hydrogen (secondary N) is 2. The first-order chi connectivity index (χ1) is 8.67. The van der Waals surface area contributed by atoms with Crippen LogP contribution < -0.4 is 16.4 Å². The van der Waals surface area contributed by atoms with Crippen LogP contribution in [0.5, 0.6) is 0 Å². The van der Waals surface area contributed by atoms with E-state index in [1.807, 2.05) is 0 Å². The molecule has 0 fully saturated rings. The second-order valence-corrected chi connectivity index (χ2v) is 3.89. The zero-order valence-corrected chi connectivity index (χ0v) is 10.5. The van der Waals surface area contributed by atoms with Crippen LogP contribution in [0.15, 0.2) is 24.3 Å². The third kappa shape index (κ3) is 4.55. The van der Waals surface area contributed by atoms with E-state index in [4.69, 9.17) is 5.73 Å². The van der Waals surface area contributed by atoms with Gasteiger partial charge in [0.2, 0.25) is 11.8 Å². The summed E-state index contributed by atoms with van der Waals surface area (Å²) in [6.07, 6.45) is 1.43. The zero-order valence-electron chi connectivity index (χ0n) is 10.5. The van der Waals surface area contributed by atoms with Gasteiger partial charge in [0.25, 0.3) is 0 Å². The van der Waals surface area contributed by atoms with Gasteiger partial charge in [-0.05, 0) is 25.1 Å². The molecule has 2 amide bonds. The molecule has 0 saturated heterocycles. The summed E-state index contributed by atoms with van der Waals surface area (Å²) in [5, 5.41) is 5.51. The Bertz CT molecular complexity index is 418. The van der Waals surface area contributed by atoms with Crippen LogP contribution in [0.2, 0.25) is 0 Å². The molecule has 0 aliphatic heterocycles. The molecule has 4 N–H and O–H groups in total. The number of benzene rings is 1. The maximum Gasteiger partial charge on any atom is 0.224 e. The molecule has 1 rings (SSSR count). The Kier molecular flexibility index (Phi) is 5.87. The minimum Gasteiger partial charge on any atom is -0.330 e. The van der Waals surface area contributed by atoms with E-state index in [0.717, 1.165) is 0 Å². The SMILES string of the molecule is CCC(=O)Nc1ccccc1NC(=O)CCCN. The predicted molar refractivity (Wildman–Crippen MR) is 72.3 cm³/mol. The molecule has 5 heteroatoms. The van der Waals surface area contributed by atoms with Gasteiger partial charge in [-0.2, -0.15) is 0 Å². The van der Waals surface area contributed by atoms with Crippen LogP contribution in [-0.2, 0) is 9.59 Å². The molecule has 0 aliphatic rings. The fourth-order valence-electron chi connectivity index (χ4n) is 1.42. The lowest BCUT2D eigenvalue weighted by molar-refractivity contribution is -0.117. The van der Waals surface area contributed by atoms with Crippen LogP contribution in [-0.4, -0.2) is 18.4 Å². The minimum atomic E-state index is -0.0985. The van der Waals surface area contributed by atoms with Gasteiger partial charge in [-0.15, -0.1) is 0 Å². The highest BCUT2D eigenvalue weighted by Gasteiger charge is 2.07.